The number of ether oxygens (including phenoxy) is 4. The Morgan fingerprint density at radius 3 is 1.80 bits per heavy atom. The van der Waals surface area contributed by atoms with Crippen LogP contribution in [0, 0.1) is 0 Å². The van der Waals surface area contributed by atoms with E-state index in [0.29, 0.717) is 6.61 Å². The molecule has 0 unspecified atom stereocenters. The first-order valence-electron chi connectivity index (χ1n) is 14.5. The van der Waals surface area contributed by atoms with Crippen LogP contribution >= 0.6 is 0 Å². The summed E-state index contributed by atoms with van der Waals surface area (Å²) in [5.74, 6) is 0. The highest BCUT2D eigenvalue weighted by atomic mass is 16.7. The molecule has 1 aromatic carbocycles. The van der Waals surface area contributed by atoms with Gasteiger partial charge in [0.1, 0.15) is 0 Å². The quantitative estimate of drug-likeness (QED) is 0.0736. The Balaban J connectivity index is 2.15. The summed E-state index contributed by atoms with van der Waals surface area (Å²) >= 11 is 0. The molecule has 0 heterocycles. The van der Waals surface area contributed by atoms with Crippen molar-refractivity contribution >= 4 is 0 Å². The minimum Gasteiger partial charge on any atom is -0.475 e. The van der Waals surface area contributed by atoms with Crippen LogP contribution in [-0.4, -0.2) is 26.3 Å². The predicted molar refractivity (Wildman–Crippen MR) is 147 cm³/mol. The zero-order chi connectivity index (χ0) is 25.1. The second-order valence-corrected chi connectivity index (χ2v) is 9.48. The summed E-state index contributed by atoms with van der Waals surface area (Å²) < 4.78 is 23.2. The molecule has 0 aromatic heterocycles. The normalized spacial score (nSPS) is 11.6. The van der Waals surface area contributed by atoms with Crippen LogP contribution in [0.2, 0.25) is 0 Å². The molecule has 0 atom stereocenters. The van der Waals surface area contributed by atoms with Crippen molar-refractivity contribution in [2.75, 3.05) is 20.0 Å². The number of allylic oxidation sites excluding steroid dienone is 1. The topological polar surface area (TPSA) is 36.9 Å². The molecule has 4 heteroatoms. The summed E-state index contributed by atoms with van der Waals surface area (Å²) in [6.07, 6.45) is 23.6. The van der Waals surface area contributed by atoms with E-state index in [-0.39, 0.29) is 13.1 Å². The zero-order valence-corrected chi connectivity index (χ0v) is 22.9. The first-order chi connectivity index (χ1) is 17.4. The molecule has 0 fully saturated rings. The van der Waals surface area contributed by atoms with Crippen molar-refractivity contribution in [3.63, 3.8) is 0 Å². The van der Waals surface area contributed by atoms with Gasteiger partial charge in [0, 0.05) is 19.6 Å². The van der Waals surface area contributed by atoms with Crippen molar-refractivity contribution in [1.29, 1.82) is 0 Å². The first kappa shape index (κ1) is 31.7. The number of rotatable bonds is 26. The lowest BCUT2D eigenvalue weighted by atomic mass is 10.1. The summed E-state index contributed by atoms with van der Waals surface area (Å²) in [5.41, 5.74) is 1.15. The number of benzene rings is 1. The highest BCUT2D eigenvalue weighted by Crippen LogP contribution is 2.12. The van der Waals surface area contributed by atoms with Gasteiger partial charge in [-0.05, 0) is 30.9 Å². The van der Waals surface area contributed by atoms with Gasteiger partial charge in [-0.1, -0.05) is 121 Å². The average Bonchev–Trinajstić information content (AvgIpc) is 2.88. The van der Waals surface area contributed by atoms with Crippen molar-refractivity contribution < 1.29 is 18.9 Å². The highest BCUT2D eigenvalue weighted by Gasteiger charge is 2.08. The maximum Gasteiger partial charge on any atom is 0.188 e. The van der Waals surface area contributed by atoms with E-state index in [4.69, 9.17) is 18.9 Å². The molecule has 1 rings (SSSR count). The van der Waals surface area contributed by atoms with Gasteiger partial charge in [0.05, 0.1) is 12.9 Å². The minimum absolute atomic E-state index is 0.117. The van der Waals surface area contributed by atoms with Crippen molar-refractivity contribution in [1.82, 2.24) is 0 Å². The summed E-state index contributed by atoms with van der Waals surface area (Å²) in [7, 11) is 0. The van der Waals surface area contributed by atoms with Gasteiger partial charge < -0.3 is 18.9 Å². The van der Waals surface area contributed by atoms with E-state index in [0.717, 1.165) is 44.5 Å². The second-order valence-electron chi connectivity index (χ2n) is 9.48. The Hall–Kier alpha value is -1.36. The smallest absolute Gasteiger partial charge is 0.188 e. The molecule has 1 aromatic rings. The fourth-order valence-electron chi connectivity index (χ4n) is 3.95. The third-order valence-corrected chi connectivity index (χ3v) is 6.13. The zero-order valence-electron chi connectivity index (χ0n) is 22.9. The van der Waals surface area contributed by atoms with E-state index in [2.05, 4.69) is 26.0 Å². The molecular formula is C31H54O4. The number of hydrogen-bond donors (Lipinski definition) is 0. The molecule has 0 saturated carbocycles. The standard InChI is InChI=1S/C31H54O4/c1-3-5-7-9-11-13-19-26-34-31(35-27-20-14-12-10-8-6-4-2)24-18-21-25-32-29-33-28-30-22-16-15-17-23-30/h15-17,21-23,25,31H,3-14,18-20,24,26-29H2,1-2H3. The predicted octanol–water partition coefficient (Wildman–Crippen LogP) is 9.33. The second kappa shape index (κ2) is 25.7. The van der Waals surface area contributed by atoms with E-state index < -0.39 is 0 Å². The van der Waals surface area contributed by atoms with Gasteiger partial charge in [0.2, 0.25) is 0 Å². The molecular weight excluding hydrogens is 436 g/mol. The van der Waals surface area contributed by atoms with Crippen molar-refractivity contribution in [2.24, 2.45) is 0 Å². The summed E-state index contributed by atoms with van der Waals surface area (Å²) in [6.45, 7) is 6.95. The molecule has 0 aliphatic rings. The molecule has 0 aliphatic carbocycles. The molecule has 0 N–H and O–H groups in total. The largest absolute Gasteiger partial charge is 0.475 e. The van der Waals surface area contributed by atoms with Crippen molar-refractivity contribution in [3.8, 4) is 0 Å². The fourth-order valence-corrected chi connectivity index (χ4v) is 3.95. The third-order valence-electron chi connectivity index (χ3n) is 6.13. The van der Waals surface area contributed by atoms with Crippen LogP contribution in [-0.2, 0) is 25.6 Å². The lowest BCUT2D eigenvalue weighted by Gasteiger charge is -2.18. The summed E-state index contributed by atoms with van der Waals surface area (Å²) in [4.78, 5) is 0. The maximum atomic E-state index is 6.10. The van der Waals surface area contributed by atoms with Crippen LogP contribution in [0.5, 0.6) is 0 Å². The highest BCUT2D eigenvalue weighted by molar-refractivity contribution is 5.13. The van der Waals surface area contributed by atoms with Crippen LogP contribution in [0.1, 0.15) is 122 Å². The molecule has 0 bridgehead atoms. The van der Waals surface area contributed by atoms with E-state index >= 15 is 0 Å². The molecule has 202 valence electrons. The van der Waals surface area contributed by atoms with Gasteiger partial charge in [-0.25, -0.2) is 0 Å². The molecule has 4 nitrogen and oxygen atoms in total. The van der Waals surface area contributed by atoms with Crippen molar-refractivity contribution in [2.45, 2.75) is 129 Å². The monoisotopic (exact) mass is 490 g/mol. The lowest BCUT2D eigenvalue weighted by Crippen LogP contribution is -2.18. The minimum atomic E-state index is -0.117. The van der Waals surface area contributed by atoms with Crippen LogP contribution in [0.15, 0.2) is 42.7 Å². The van der Waals surface area contributed by atoms with Crippen LogP contribution < -0.4 is 0 Å². The Labute approximate surface area is 216 Å². The molecule has 0 spiro atoms. The molecule has 0 amide bonds. The van der Waals surface area contributed by atoms with E-state index in [1.165, 1.54) is 77.0 Å². The van der Waals surface area contributed by atoms with Crippen LogP contribution in [0.25, 0.3) is 0 Å². The van der Waals surface area contributed by atoms with E-state index in [9.17, 15) is 0 Å². The average molecular weight is 491 g/mol. The molecule has 0 aliphatic heterocycles. The van der Waals surface area contributed by atoms with Gasteiger partial charge in [-0.15, -0.1) is 0 Å². The van der Waals surface area contributed by atoms with Gasteiger partial charge in [-0.2, -0.15) is 0 Å². The Morgan fingerprint density at radius 1 is 0.686 bits per heavy atom. The van der Waals surface area contributed by atoms with Crippen molar-refractivity contribution in [3.05, 3.63) is 48.2 Å². The van der Waals surface area contributed by atoms with E-state index in [1.807, 2.05) is 24.3 Å². The number of unbranched alkanes of at least 4 members (excludes halogenated alkanes) is 12. The van der Waals surface area contributed by atoms with Crippen LogP contribution in [0.3, 0.4) is 0 Å². The third kappa shape index (κ3) is 21.6. The summed E-state index contributed by atoms with van der Waals surface area (Å²) in [6, 6.07) is 10.1. The Bertz CT molecular complexity index is 540. The van der Waals surface area contributed by atoms with Gasteiger partial charge >= 0.3 is 0 Å². The van der Waals surface area contributed by atoms with Gasteiger partial charge in [0.15, 0.2) is 13.1 Å². The maximum absolute atomic E-state index is 6.10. The molecule has 0 saturated heterocycles. The summed E-state index contributed by atoms with van der Waals surface area (Å²) in [5, 5.41) is 0. The molecule has 0 radical (unpaired) electrons. The lowest BCUT2D eigenvalue weighted by molar-refractivity contribution is -0.146. The van der Waals surface area contributed by atoms with E-state index in [1.54, 1.807) is 6.26 Å². The van der Waals surface area contributed by atoms with Crippen LogP contribution in [0.4, 0.5) is 0 Å². The molecule has 35 heavy (non-hydrogen) atoms. The number of hydrogen-bond acceptors (Lipinski definition) is 4. The SMILES string of the molecule is CCCCCCCCCOC(CCC=COCOCc1ccccc1)OCCCCCCCCC. The first-order valence-corrected chi connectivity index (χ1v) is 14.5. The Morgan fingerprint density at radius 2 is 1.23 bits per heavy atom. The van der Waals surface area contributed by atoms with Gasteiger partial charge in [0.25, 0.3) is 0 Å². The fraction of sp³-hybridized carbons (Fsp3) is 0.742. The van der Waals surface area contributed by atoms with Gasteiger partial charge in [-0.3, -0.25) is 0 Å². The Kier molecular flexibility index (Phi) is 23.3.